The highest BCUT2D eigenvalue weighted by Crippen LogP contribution is 2.51. The van der Waals surface area contributed by atoms with Crippen molar-refractivity contribution in [1.82, 2.24) is 4.98 Å². The van der Waals surface area contributed by atoms with Gasteiger partial charge in [-0.15, -0.1) is 0 Å². The van der Waals surface area contributed by atoms with E-state index < -0.39 is 11.5 Å². The maximum Gasteiger partial charge on any atom is 0.342 e. The Morgan fingerprint density at radius 2 is 1.49 bits per heavy atom. The van der Waals surface area contributed by atoms with Crippen molar-refractivity contribution >= 4 is 28.3 Å². The van der Waals surface area contributed by atoms with Gasteiger partial charge in [-0.2, -0.15) is 0 Å². The number of H-pyrrole nitrogens is 1. The largest absolute Gasteiger partial charge is 0.507 e. The van der Waals surface area contributed by atoms with Crippen LogP contribution in [-0.2, 0) is 10.3 Å². The molecule has 1 aliphatic heterocycles. The Balaban J connectivity index is 1.78. The molecule has 5 aromatic rings. The van der Waals surface area contributed by atoms with E-state index in [9.17, 15) is 19.8 Å². The lowest BCUT2D eigenvalue weighted by Gasteiger charge is -2.30. The number of benzene rings is 4. The summed E-state index contributed by atoms with van der Waals surface area (Å²) in [5, 5.41) is 25.9. The van der Waals surface area contributed by atoms with Crippen LogP contribution in [0.5, 0.6) is 11.5 Å². The number of carbonyl (C=O) groups excluding carboxylic acids is 2. The zero-order chi connectivity index (χ0) is 25.7. The maximum absolute atomic E-state index is 14.3. The molecule has 182 valence electrons. The van der Waals surface area contributed by atoms with Gasteiger partial charge in [-0.05, 0) is 35.9 Å². The van der Waals surface area contributed by atoms with Gasteiger partial charge in [0.1, 0.15) is 17.1 Å². The number of hydrogen-bond donors (Lipinski definition) is 4. The predicted molar refractivity (Wildman–Crippen MR) is 140 cm³/mol. The van der Waals surface area contributed by atoms with E-state index in [0.717, 1.165) is 0 Å². The van der Waals surface area contributed by atoms with Crippen LogP contribution in [0.2, 0.25) is 0 Å². The Hall–Kier alpha value is -5.04. The number of aromatic amines is 1. The SMILES string of the molecule is COC(=O)c1c(O)ccc(O)c1-c1c([C@@]2(c3ccccc3)Nc3ccccc3C2=O)[nH]c2ccccc12. The number of anilines is 1. The van der Waals surface area contributed by atoms with Gasteiger partial charge in [0, 0.05) is 33.3 Å². The van der Waals surface area contributed by atoms with Crippen LogP contribution in [0.25, 0.3) is 22.0 Å². The molecule has 4 aromatic carbocycles. The summed E-state index contributed by atoms with van der Waals surface area (Å²) < 4.78 is 4.97. The maximum atomic E-state index is 14.3. The lowest BCUT2D eigenvalue weighted by molar-refractivity contribution is 0.0598. The molecule has 0 amide bonds. The van der Waals surface area contributed by atoms with E-state index in [1.165, 1.54) is 19.2 Å². The predicted octanol–water partition coefficient (Wildman–Crippen LogP) is 5.58. The number of carbonyl (C=O) groups is 2. The number of ether oxygens (including phenoxy) is 1. The lowest BCUT2D eigenvalue weighted by Crippen LogP contribution is -2.40. The molecule has 0 spiro atoms. The van der Waals surface area contributed by atoms with Crippen LogP contribution in [-0.4, -0.2) is 34.1 Å². The lowest BCUT2D eigenvalue weighted by atomic mass is 9.79. The summed E-state index contributed by atoms with van der Waals surface area (Å²) in [6.07, 6.45) is 0. The zero-order valence-corrected chi connectivity index (χ0v) is 19.8. The number of aromatic nitrogens is 1. The van der Waals surface area contributed by atoms with E-state index >= 15 is 0 Å². The summed E-state index contributed by atoms with van der Waals surface area (Å²) >= 11 is 0. The van der Waals surface area contributed by atoms with Crippen LogP contribution in [0.1, 0.15) is 32.0 Å². The molecule has 6 rings (SSSR count). The fraction of sp³-hybridized carbons (Fsp3) is 0.0667. The highest BCUT2D eigenvalue weighted by molar-refractivity contribution is 6.18. The van der Waals surface area contributed by atoms with Gasteiger partial charge in [0.25, 0.3) is 0 Å². The molecule has 0 radical (unpaired) electrons. The third-order valence-electron chi connectivity index (χ3n) is 6.92. The van der Waals surface area contributed by atoms with Gasteiger partial charge >= 0.3 is 5.97 Å². The van der Waals surface area contributed by atoms with Gasteiger partial charge in [-0.1, -0.05) is 60.7 Å². The van der Waals surface area contributed by atoms with Gasteiger partial charge in [-0.25, -0.2) is 4.79 Å². The quantitative estimate of drug-likeness (QED) is 0.193. The number of fused-ring (bicyclic) bond motifs is 2. The summed E-state index contributed by atoms with van der Waals surface area (Å²) in [6.45, 7) is 0. The number of rotatable bonds is 4. The topological polar surface area (TPSA) is 112 Å². The van der Waals surface area contributed by atoms with Crippen molar-refractivity contribution < 1.29 is 24.5 Å². The first-order valence-electron chi connectivity index (χ1n) is 11.7. The number of phenols is 2. The van der Waals surface area contributed by atoms with Crippen LogP contribution in [0.15, 0.2) is 91.0 Å². The second kappa shape index (κ2) is 8.27. The zero-order valence-electron chi connectivity index (χ0n) is 19.8. The van der Waals surface area contributed by atoms with E-state index in [1.54, 1.807) is 6.07 Å². The fourth-order valence-electron chi connectivity index (χ4n) is 5.29. The molecule has 0 unspecified atom stereocenters. The minimum absolute atomic E-state index is 0.0696. The number of esters is 1. The Morgan fingerprint density at radius 3 is 2.24 bits per heavy atom. The van der Waals surface area contributed by atoms with E-state index in [4.69, 9.17) is 4.74 Å². The van der Waals surface area contributed by atoms with Gasteiger partial charge in [0.05, 0.1) is 12.8 Å². The van der Waals surface area contributed by atoms with Crippen molar-refractivity contribution in [3.8, 4) is 22.6 Å². The number of ketones is 1. The Kier molecular flexibility index (Phi) is 5.01. The first kappa shape index (κ1) is 22.4. The second-order valence-electron chi connectivity index (χ2n) is 8.88. The minimum atomic E-state index is -1.41. The first-order chi connectivity index (χ1) is 18.0. The molecule has 0 saturated carbocycles. The molecular formula is C30H22N2O5. The van der Waals surface area contributed by atoms with E-state index in [2.05, 4.69) is 10.3 Å². The molecule has 37 heavy (non-hydrogen) atoms. The molecule has 0 saturated heterocycles. The van der Waals surface area contributed by atoms with Gasteiger partial charge < -0.3 is 25.3 Å². The molecule has 1 aliphatic rings. The number of aromatic hydroxyl groups is 2. The molecule has 1 aromatic heterocycles. The van der Waals surface area contributed by atoms with E-state index in [0.29, 0.717) is 39.0 Å². The van der Waals surface area contributed by atoms with Crippen LogP contribution < -0.4 is 5.32 Å². The van der Waals surface area contributed by atoms with Crippen molar-refractivity contribution in [3.63, 3.8) is 0 Å². The van der Waals surface area contributed by atoms with Crippen LogP contribution in [0.4, 0.5) is 5.69 Å². The number of nitrogens with one attached hydrogen (secondary N) is 2. The molecule has 0 bridgehead atoms. The van der Waals surface area contributed by atoms with Gasteiger partial charge in [-0.3, -0.25) is 4.79 Å². The average molecular weight is 491 g/mol. The van der Waals surface area contributed by atoms with Crippen LogP contribution >= 0.6 is 0 Å². The van der Waals surface area contributed by atoms with E-state index in [-0.39, 0.29) is 28.4 Å². The summed E-state index contributed by atoms with van der Waals surface area (Å²) in [5.74, 6) is -1.60. The molecule has 7 heteroatoms. The van der Waals surface area contributed by atoms with Crippen LogP contribution in [0, 0.1) is 0 Å². The molecule has 4 N–H and O–H groups in total. The first-order valence-corrected chi connectivity index (χ1v) is 11.7. The summed E-state index contributed by atoms with van der Waals surface area (Å²) in [7, 11) is 1.20. The Morgan fingerprint density at radius 1 is 0.811 bits per heavy atom. The third-order valence-corrected chi connectivity index (χ3v) is 6.92. The van der Waals surface area contributed by atoms with Gasteiger partial charge in [0.2, 0.25) is 5.78 Å². The summed E-state index contributed by atoms with van der Waals surface area (Å²) in [5.41, 5.74) is 1.83. The van der Waals surface area contributed by atoms with Crippen molar-refractivity contribution in [1.29, 1.82) is 0 Å². The van der Waals surface area contributed by atoms with Gasteiger partial charge in [0.15, 0.2) is 5.54 Å². The summed E-state index contributed by atoms with van der Waals surface area (Å²) in [6, 6.07) is 26.5. The fourth-order valence-corrected chi connectivity index (χ4v) is 5.29. The molecule has 7 nitrogen and oxygen atoms in total. The number of para-hydroxylation sites is 2. The Labute approximate surface area is 212 Å². The van der Waals surface area contributed by atoms with E-state index in [1.807, 2.05) is 72.8 Å². The third kappa shape index (κ3) is 3.14. The molecule has 0 fully saturated rings. The molecule has 0 aliphatic carbocycles. The van der Waals surface area contributed by atoms with Crippen LogP contribution in [0.3, 0.4) is 0 Å². The van der Waals surface area contributed by atoms with Crippen molar-refractivity contribution in [2.24, 2.45) is 0 Å². The highest BCUT2D eigenvalue weighted by Gasteiger charge is 2.51. The van der Waals surface area contributed by atoms with Crippen molar-refractivity contribution in [2.75, 3.05) is 12.4 Å². The summed E-state index contributed by atoms with van der Waals surface area (Å²) in [4.78, 5) is 30.6. The van der Waals surface area contributed by atoms with Crippen molar-refractivity contribution in [2.45, 2.75) is 5.54 Å². The molecule has 2 heterocycles. The monoisotopic (exact) mass is 490 g/mol. The number of methoxy groups -OCH3 is 1. The molecule has 1 atom stereocenters. The second-order valence-corrected chi connectivity index (χ2v) is 8.88. The Bertz CT molecular complexity index is 1710. The minimum Gasteiger partial charge on any atom is -0.507 e. The average Bonchev–Trinajstić information content (AvgIpc) is 3.46. The normalized spacial score (nSPS) is 16.4. The number of phenolic OH excluding ortho intramolecular Hbond substituents is 2. The number of hydrogen-bond acceptors (Lipinski definition) is 6. The van der Waals surface area contributed by atoms with Crippen molar-refractivity contribution in [3.05, 3.63) is 113 Å². The molecular weight excluding hydrogens is 468 g/mol. The highest BCUT2D eigenvalue weighted by atomic mass is 16.5. The standard InChI is InChI=1S/C30H22N2O5/c1-37-29(36)26-23(34)16-15-22(33)25(26)24-18-11-5-7-13-20(18)31-27(24)30(17-9-3-2-4-10-17)28(35)19-12-6-8-14-21(19)32-30/h2-16,31-34H,1H3/t30-/m1/s1. The number of Topliss-reactive ketones (excluding diaryl/α,β-unsaturated/α-hetero) is 1. The smallest absolute Gasteiger partial charge is 0.342 e.